The summed E-state index contributed by atoms with van der Waals surface area (Å²) in [4.78, 5) is 0. The van der Waals surface area contributed by atoms with E-state index in [1.54, 1.807) is 0 Å². The second-order valence-electron chi connectivity index (χ2n) is 6.04. The van der Waals surface area contributed by atoms with Crippen LogP contribution >= 0.6 is 15.9 Å². The highest BCUT2D eigenvalue weighted by molar-refractivity contribution is 9.10. The third kappa shape index (κ3) is 2.50. The van der Waals surface area contributed by atoms with Gasteiger partial charge < -0.3 is 5.11 Å². The van der Waals surface area contributed by atoms with Crippen LogP contribution in [0.2, 0.25) is 0 Å². The molecule has 3 unspecified atom stereocenters. The summed E-state index contributed by atoms with van der Waals surface area (Å²) >= 11 is 3.59. The SMILES string of the molecule is Cc1nn(C)c(CC2(O)CC(C)CCC2C)c1Br. The lowest BCUT2D eigenvalue weighted by atomic mass is 9.70. The fourth-order valence-electron chi connectivity index (χ4n) is 3.12. The fourth-order valence-corrected chi connectivity index (χ4v) is 3.59. The molecule has 4 heteroatoms. The van der Waals surface area contributed by atoms with E-state index in [1.807, 2.05) is 18.7 Å². The van der Waals surface area contributed by atoms with Gasteiger partial charge in [0.25, 0.3) is 0 Å². The maximum atomic E-state index is 11.0. The summed E-state index contributed by atoms with van der Waals surface area (Å²) in [6, 6.07) is 0. The van der Waals surface area contributed by atoms with Crippen molar-refractivity contribution in [2.75, 3.05) is 0 Å². The highest BCUT2D eigenvalue weighted by Gasteiger charge is 2.40. The molecule has 1 fully saturated rings. The number of halogens is 1. The molecule has 1 saturated carbocycles. The van der Waals surface area contributed by atoms with Gasteiger partial charge in [0.15, 0.2) is 0 Å². The van der Waals surface area contributed by atoms with Crippen LogP contribution in [0.5, 0.6) is 0 Å². The van der Waals surface area contributed by atoms with Crippen LogP contribution < -0.4 is 0 Å². The van der Waals surface area contributed by atoms with Crippen LogP contribution in [-0.2, 0) is 13.5 Å². The zero-order valence-corrected chi connectivity index (χ0v) is 13.3. The lowest BCUT2D eigenvalue weighted by Gasteiger charge is -2.41. The zero-order valence-electron chi connectivity index (χ0n) is 11.7. The van der Waals surface area contributed by atoms with Crippen molar-refractivity contribution in [3.05, 3.63) is 15.9 Å². The Hall–Kier alpha value is -0.350. The molecule has 0 amide bonds. The Morgan fingerprint density at radius 2 is 2.11 bits per heavy atom. The van der Waals surface area contributed by atoms with Gasteiger partial charge in [-0.2, -0.15) is 5.10 Å². The molecule has 0 spiro atoms. The van der Waals surface area contributed by atoms with E-state index in [0.29, 0.717) is 18.3 Å². The van der Waals surface area contributed by atoms with E-state index in [2.05, 4.69) is 34.9 Å². The quantitative estimate of drug-likeness (QED) is 0.910. The summed E-state index contributed by atoms with van der Waals surface area (Å²) in [6.07, 6.45) is 3.93. The van der Waals surface area contributed by atoms with E-state index in [9.17, 15) is 5.11 Å². The number of hydrogen-bond acceptors (Lipinski definition) is 2. The largest absolute Gasteiger partial charge is 0.389 e. The van der Waals surface area contributed by atoms with Crippen LogP contribution in [0.25, 0.3) is 0 Å². The predicted octanol–water partition coefficient (Wildman–Crippen LogP) is 3.22. The van der Waals surface area contributed by atoms with E-state index >= 15 is 0 Å². The normalized spacial score (nSPS) is 32.8. The number of nitrogens with zero attached hydrogens (tertiary/aromatic N) is 2. The molecule has 3 atom stereocenters. The molecule has 0 bridgehead atoms. The van der Waals surface area contributed by atoms with Gasteiger partial charge in [0, 0.05) is 13.5 Å². The molecule has 0 aromatic carbocycles. The minimum Gasteiger partial charge on any atom is -0.389 e. The second kappa shape index (κ2) is 4.97. The van der Waals surface area contributed by atoms with Crippen LogP contribution in [0.1, 0.15) is 44.5 Å². The first kappa shape index (κ1) is 14.1. The highest BCUT2D eigenvalue weighted by Crippen LogP contribution is 2.40. The Kier molecular flexibility index (Phi) is 3.88. The molecular weight excluding hydrogens is 292 g/mol. The van der Waals surface area contributed by atoms with Crippen molar-refractivity contribution in [2.24, 2.45) is 18.9 Å². The fraction of sp³-hybridized carbons (Fsp3) is 0.786. The average Bonchev–Trinajstić information content (AvgIpc) is 2.51. The van der Waals surface area contributed by atoms with Gasteiger partial charge in [-0.3, -0.25) is 4.68 Å². The molecule has 102 valence electrons. The summed E-state index contributed by atoms with van der Waals surface area (Å²) < 4.78 is 2.94. The van der Waals surface area contributed by atoms with E-state index in [4.69, 9.17) is 0 Å². The van der Waals surface area contributed by atoms with Gasteiger partial charge in [-0.1, -0.05) is 20.3 Å². The van der Waals surface area contributed by atoms with Crippen molar-refractivity contribution in [1.82, 2.24) is 9.78 Å². The number of aromatic nitrogens is 2. The van der Waals surface area contributed by atoms with Gasteiger partial charge in [0.1, 0.15) is 0 Å². The first-order valence-corrected chi connectivity index (χ1v) is 7.53. The lowest BCUT2D eigenvalue weighted by molar-refractivity contribution is -0.0573. The Labute approximate surface area is 118 Å². The third-order valence-electron chi connectivity index (χ3n) is 4.45. The molecule has 18 heavy (non-hydrogen) atoms. The van der Waals surface area contributed by atoms with Crippen molar-refractivity contribution >= 4 is 15.9 Å². The maximum absolute atomic E-state index is 11.0. The third-order valence-corrected chi connectivity index (χ3v) is 5.48. The van der Waals surface area contributed by atoms with Crippen LogP contribution in [-0.4, -0.2) is 20.5 Å². The van der Waals surface area contributed by atoms with Crippen LogP contribution in [0.3, 0.4) is 0 Å². The summed E-state index contributed by atoms with van der Waals surface area (Å²) in [7, 11) is 1.95. The monoisotopic (exact) mass is 314 g/mol. The molecule has 1 aliphatic carbocycles. The number of aliphatic hydroxyl groups is 1. The van der Waals surface area contributed by atoms with E-state index in [-0.39, 0.29) is 0 Å². The standard InChI is InChI=1S/C14H23BrN2O/c1-9-5-6-10(2)14(18,7-9)8-12-13(15)11(3)16-17(12)4/h9-10,18H,5-8H2,1-4H3. The zero-order chi connectivity index (χ0) is 13.5. The predicted molar refractivity (Wildman–Crippen MR) is 76.5 cm³/mol. The summed E-state index contributed by atoms with van der Waals surface area (Å²) in [5.74, 6) is 0.968. The van der Waals surface area contributed by atoms with Crippen LogP contribution in [0.15, 0.2) is 4.47 Å². The molecule has 3 nitrogen and oxygen atoms in total. The summed E-state index contributed by atoms with van der Waals surface area (Å²) in [6.45, 7) is 6.40. The molecule has 0 radical (unpaired) electrons. The molecule has 1 N–H and O–H groups in total. The maximum Gasteiger partial charge on any atom is 0.0738 e. The Balaban J connectivity index is 2.26. The lowest BCUT2D eigenvalue weighted by Crippen LogP contribution is -2.44. The second-order valence-corrected chi connectivity index (χ2v) is 6.83. The highest BCUT2D eigenvalue weighted by atomic mass is 79.9. The first-order valence-electron chi connectivity index (χ1n) is 6.74. The molecule has 1 aromatic rings. The van der Waals surface area contributed by atoms with Gasteiger partial charge in [-0.15, -0.1) is 0 Å². The molecule has 1 aliphatic rings. The van der Waals surface area contributed by atoms with E-state index in [1.165, 1.54) is 6.42 Å². The van der Waals surface area contributed by atoms with Gasteiger partial charge >= 0.3 is 0 Å². The van der Waals surface area contributed by atoms with Crippen molar-refractivity contribution in [1.29, 1.82) is 0 Å². The van der Waals surface area contributed by atoms with Gasteiger partial charge in [0.2, 0.25) is 0 Å². The van der Waals surface area contributed by atoms with Gasteiger partial charge in [-0.25, -0.2) is 0 Å². The average molecular weight is 315 g/mol. The summed E-state index contributed by atoms with van der Waals surface area (Å²) in [5.41, 5.74) is 1.52. The number of rotatable bonds is 2. The first-order chi connectivity index (χ1) is 8.33. The Morgan fingerprint density at radius 3 is 2.67 bits per heavy atom. The van der Waals surface area contributed by atoms with Crippen molar-refractivity contribution in [2.45, 2.75) is 52.1 Å². The molecule has 1 aromatic heterocycles. The van der Waals surface area contributed by atoms with E-state index in [0.717, 1.165) is 28.7 Å². The minimum absolute atomic E-state index is 0.357. The molecular formula is C14H23BrN2O. The van der Waals surface area contributed by atoms with Crippen molar-refractivity contribution < 1.29 is 5.11 Å². The molecule has 2 rings (SSSR count). The van der Waals surface area contributed by atoms with Crippen LogP contribution in [0, 0.1) is 18.8 Å². The minimum atomic E-state index is -0.583. The molecule has 0 aliphatic heterocycles. The van der Waals surface area contributed by atoms with Crippen LogP contribution in [0.4, 0.5) is 0 Å². The van der Waals surface area contributed by atoms with Crippen molar-refractivity contribution in [3.8, 4) is 0 Å². The molecule has 1 heterocycles. The smallest absolute Gasteiger partial charge is 0.0738 e. The molecule has 0 saturated heterocycles. The van der Waals surface area contributed by atoms with Crippen molar-refractivity contribution in [3.63, 3.8) is 0 Å². The van der Waals surface area contributed by atoms with Gasteiger partial charge in [-0.05, 0) is 47.5 Å². The van der Waals surface area contributed by atoms with E-state index < -0.39 is 5.60 Å². The number of hydrogen-bond donors (Lipinski definition) is 1. The Morgan fingerprint density at radius 1 is 1.44 bits per heavy atom. The van der Waals surface area contributed by atoms with Gasteiger partial charge in [0.05, 0.1) is 21.5 Å². The number of aryl methyl sites for hydroxylation is 2. The topological polar surface area (TPSA) is 38.0 Å². The Bertz CT molecular complexity index is 443. The summed E-state index contributed by atoms with van der Waals surface area (Å²) in [5, 5.41) is 15.4.